The molecular formula is C16H15N3O3S2. The van der Waals surface area contributed by atoms with Crippen molar-refractivity contribution in [2.24, 2.45) is 0 Å². The highest BCUT2D eigenvalue weighted by Crippen LogP contribution is 2.40. The minimum Gasteiger partial charge on any atom is -0.341 e. The minimum atomic E-state index is -3.77. The van der Waals surface area contributed by atoms with Crippen LogP contribution in [0.5, 0.6) is 0 Å². The smallest absolute Gasteiger partial charge is 0.319 e. The molecule has 0 aliphatic rings. The summed E-state index contributed by atoms with van der Waals surface area (Å²) in [5, 5.41) is 5.64. The summed E-state index contributed by atoms with van der Waals surface area (Å²) < 4.78 is 26.1. The number of sulfone groups is 1. The summed E-state index contributed by atoms with van der Waals surface area (Å²) in [7, 11) is -2.30. The lowest BCUT2D eigenvalue weighted by atomic mass is 10.2. The molecule has 2 aromatic heterocycles. The Balaban J connectivity index is 2.22. The molecule has 1 aromatic carbocycles. The number of benzene rings is 1. The van der Waals surface area contributed by atoms with E-state index in [9.17, 15) is 13.2 Å². The topological polar surface area (TPSA) is 88.2 Å². The van der Waals surface area contributed by atoms with Crippen LogP contribution in [0.1, 0.15) is 5.56 Å². The van der Waals surface area contributed by atoms with Gasteiger partial charge in [0.25, 0.3) is 0 Å². The summed E-state index contributed by atoms with van der Waals surface area (Å²) in [5.74, 6) is 0. The summed E-state index contributed by atoms with van der Waals surface area (Å²) in [6.07, 6.45) is 1.59. The molecule has 8 heteroatoms. The number of nitrogens with zero attached hydrogens (tertiary/aromatic N) is 1. The third-order valence-electron chi connectivity index (χ3n) is 3.47. The number of amides is 2. The molecule has 124 valence electrons. The van der Waals surface area contributed by atoms with Gasteiger partial charge in [0.15, 0.2) is 4.21 Å². The second-order valence-electron chi connectivity index (χ2n) is 5.14. The van der Waals surface area contributed by atoms with Crippen LogP contribution in [0.3, 0.4) is 0 Å². The second kappa shape index (κ2) is 6.21. The Hall–Kier alpha value is -2.45. The van der Waals surface area contributed by atoms with Crippen LogP contribution >= 0.6 is 11.3 Å². The largest absolute Gasteiger partial charge is 0.341 e. The number of aryl methyl sites for hydroxylation is 1. The van der Waals surface area contributed by atoms with Gasteiger partial charge in [0.1, 0.15) is 4.83 Å². The number of carbonyl (C=O) groups is 1. The number of pyridine rings is 1. The van der Waals surface area contributed by atoms with Gasteiger partial charge in [-0.15, -0.1) is 11.3 Å². The standard InChI is InChI=1S/C16H15N3O3S2/c1-10-5-7-11(8-6-10)24(21,22)15-13(19-16(20)17-2)12-4-3-9-18-14(12)23-15/h3-9H,1-2H3,(H2,17,19,20). The number of carbonyl (C=O) groups excluding carboxylic acids is 1. The molecule has 0 saturated carbocycles. The Morgan fingerprint density at radius 1 is 1.17 bits per heavy atom. The lowest BCUT2D eigenvalue weighted by Crippen LogP contribution is -2.25. The van der Waals surface area contributed by atoms with E-state index in [1.807, 2.05) is 6.92 Å². The summed E-state index contributed by atoms with van der Waals surface area (Å²) in [5.41, 5.74) is 1.22. The van der Waals surface area contributed by atoms with Crippen LogP contribution in [-0.2, 0) is 9.84 Å². The van der Waals surface area contributed by atoms with Crippen molar-refractivity contribution < 1.29 is 13.2 Å². The van der Waals surface area contributed by atoms with Crippen LogP contribution < -0.4 is 10.6 Å². The van der Waals surface area contributed by atoms with Crippen LogP contribution in [0.2, 0.25) is 0 Å². The molecule has 24 heavy (non-hydrogen) atoms. The van der Waals surface area contributed by atoms with Gasteiger partial charge in [-0.2, -0.15) is 0 Å². The van der Waals surface area contributed by atoms with Crippen molar-refractivity contribution >= 4 is 43.1 Å². The maximum Gasteiger partial charge on any atom is 0.319 e. The lowest BCUT2D eigenvalue weighted by Gasteiger charge is -2.08. The van der Waals surface area contributed by atoms with Gasteiger partial charge in [0, 0.05) is 18.6 Å². The average molecular weight is 361 g/mol. The monoisotopic (exact) mass is 361 g/mol. The number of anilines is 1. The Bertz CT molecular complexity index is 1010. The number of aromatic nitrogens is 1. The number of nitrogens with one attached hydrogen (secondary N) is 2. The Kier molecular flexibility index (Phi) is 4.25. The minimum absolute atomic E-state index is 0.0728. The lowest BCUT2D eigenvalue weighted by molar-refractivity contribution is 0.254. The van der Waals surface area contributed by atoms with Crippen molar-refractivity contribution in [1.82, 2.24) is 10.3 Å². The first-order chi connectivity index (χ1) is 11.4. The molecular weight excluding hydrogens is 346 g/mol. The van der Waals surface area contributed by atoms with Gasteiger partial charge in [-0.05, 0) is 31.2 Å². The van der Waals surface area contributed by atoms with Crippen LogP contribution in [0.4, 0.5) is 10.5 Å². The maximum absolute atomic E-state index is 13.0. The zero-order valence-electron chi connectivity index (χ0n) is 13.0. The van der Waals surface area contributed by atoms with Crippen molar-refractivity contribution in [2.45, 2.75) is 16.0 Å². The third kappa shape index (κ3) is 2.85. The first kappa shape index (κ1) is 16.4. The third-order valence-corrected chi connectivity index (χ3v) is 6.88. The fourth-order valence-corrected chi connectivity index (χ4v) is 5.15. The fourth-order valence-electron chi connectivity index (χ4n) is 2.22. The van der Waals surface area contributed by atoms with E-state index in [1.54, 1.807) is 42.6 Å². The van der Waals surface area contributed by atoms with E-state index in [0.29, 0.717) is 10.2 Å². The van der Waals surface area contributed by atoms with E-state index in [-0.39, 0.29) is 14.8 Å². The summed E-state index contributed by atoms with van der Waals surface area (Å²) in [6, 6.07) is 9.55. The molecule has 0 aliphatic heterocycles. The quantitative estimate of drug-likeness (QED) is 0.750. The van der Waals surface area contributed by atoms with E-state index in [2.05, 4.69) is 15.6 Å². The van der Waals surface area contributed by atoms with Gasteiger partial charge >= 0.3 is 6.03 Å². The van der Waals surface area contributed by atoms with Gasteiger partial charge in [0.2, 0.25) is 9.84 Å². The predicted octanol–water partition coefficient (Wildman–Crippen LogP) is 3.19. The van der Waals surface area contributed by atoms with Crippen molar-refractivity contribution in [3.05, 3.63) is 48.2 Å². The molecule has 2 amide bonds. The SMILES string of the molecule is CNC(=O)Nc1c(S(=O)(=O)c2ccc(C)cc2)sc2ncccc12. The number of thiophene rings is 1. The van der Waals surface area contributed by atoms with Crippen molar-refractivity contribution in [1.29, 1.82) is 0 Å². The van der Waals surface area contributed by atoms with Gasteiger partial charge in [0.05, 0.1) is 10.6 Å². The second-order valence-corrected chi connectivity index (χ2v) is 8.29. The van der Waals surface area contributed by atoms with Gasteiger partial charge in [-0.3, -0.25) is 0 Å². The van der Waals surface area contributed by atoms with Crippen LogP contribution in [0, 0.1) is 6.92 Å². The van der Waals surface area contributed by atoms with Crippen molar-refractivity contribution in [2.75, 3.05) is 12.4 Å². The number of rotatable bonds is 3. The van der Waals surface area contributed by atoms with Gasteiger partial charge < -0.3 is 10.6 Å². The molecule has 3 aromatic rings. The maximum atomic E-state index is 13.0. The Labute approximate surface area is 143 Å². The zero-order valence-corrected chi connectivity index (χ0v) is 14.7. The number of hydrogen-bond acceptors (Lipinski definition) is 5. The average Bonchev–Trinajstić information content (AvgIpc) is 2.94. The van der Waals surface area contributed by atoms with E-state index in [0.717, 1.165) is 16.9 Å². The fraction of sp³-hybridized carbons (Fsp3) is 0.125. The predicted molar refractivity (Wildman–Crippen MR) is 94.3 cm³/mol. The molecule has 0 saturated heterocycles. The highest BCUT2D eigenvalue weighted by Gasteiger charge is 2.27. The summed E-state index contributed by atoms with van der Waals surface area (Å²) in [4.78, 5) is 16.7. The molecule has 0 atom stereocenters. The van der Waals surface area contributed by atoms with E-state index >= 15 is 0 Å². The van der Waals surface area contributed by atoms with Crippen molar-refractivity contribution in [3.63, 3.8) is 0 Å². The first-order valence-corrected chi connectivity index (χ1v) is 9.41. The Morgan fingerprint density at radius 3 is 2.54 bits per heavy atom. The Morgan fingerprint density at radius 2 is 1.88 bits per heavy atom. The zero-order chi connectivity index (χ0) is 17.3. The molecule has 0 radical (unpaired) electrons. The number of urea groups is 1. The normalized spacial score (nSPS) is 11.4. The molecule has 0 fully saturated rings. The number of hydrogen-bond donors (Lipinski definition) is 2. The molecule has 0 spiro atoms. The van der Waals surface area contributed by atoms with Gasteiger partial charge in [-0.1, -0.05) is 17.7 Å². The molecule has 6 nitrogen and oxygen atoms in total. The van der Waals surface area contributed by atoms with Crippen LogP contribution in [0.25, 0.3) is 10.2 Å². The molecule has 0 unspecified atom stereocenters. The summed E-state index contributed by atoms with van der Waals surface area (Å²) in [6.45, 7) is 1.89. The first-order valence-electron chi connectivity index (χ1n) is 7.11. The van der Waals surface area contributed by atoms with Crippen molar-refractivity contribution in [3.8, 4) is 0 Å². The van der Waals surface area contributed by atoms with E-state index in [4.69, 9.17) is 0 Å². The van der Waals surface area contributed by atoms with Gasteiger partial charge in [-0.25, -0.2) is 18.2 Å². The highest BCUT2D eigenvalue weighted by molar-refractivity contribution is 7.93. The molecule has 0 aliphatic carbocycles. The summed E-state index contributed by atoms with van der Waals surface area (Å²) >= 11 is 1.04. The van der Waals surface area contributed by atoms with Crippen LogP contribution in [0.15, 0.2) is 51.7 Å². The number of fused-ring (bicyclic) bond motifs is 1. The molecule has 3 rings (SSSR count). The van der Waals surface area contributed by atoms with Crippen LogP contribution in [-0.4, -0.2) is 26.5 Å². The van der Waals surface area contributed by atoms with E-state index < -0.39 is 15.9 Å². The molecule has 2 N–H and O–H groups in total. The van der Waals surface area contributed by atoms with E-state index in [1.165, 1.54) is 7.05 Å². The highest BCUT2D eigenvalue weighted by atomic mass is 32.2. The molecule has 0 bridgehead atoms. The molecule has 2 heterocycles.